The zero-order valence-corrected chi connectivity index (χ0v) is 14.0. The van der Waals surface area contributed by atoms with Crippen molar-refractivity contribution in [3.05, 3.63) is 21.0 Å². The van der Waals surface area contributed by atoms with Crippen LogP contribution in [0.5, 0.6) is 0 Å². The van der Waals surface area contributed by atoms with Crippen molar-refractivity contribution in [2.24, 2.45) is 5.92 Å². The second-order valence-electron chi connectivity index (χ2n) is 6.25. The Bertz CT molecular complexity index is 559. The van der Waals surface area contributed by atoms with E-state index in [-0.39, 0.29) is 11.2 Å². The molecule has 3 rings (SSSR count). The second-order valence-corrected chi connectivity index (χ2v) is 7.10. The molecule has 0 aliphatic heterocycles. The summed E-state index contributed by atoms with van der Waals surface area (Å²) >= 11 is 3.43. The first-order chi connectivity index (χ1) is 10.1. The Morgan fingerprint density at radius 2 is 2.24 bits per heavy atom. The Morgan fingerprint density at radius 1 is 1.48 bits per heavy atom. The van der Waals surface area contributed by atoms with E-state index in [1.165, 1.54) is 25.7 Å². The van der Waals surface area contributed by atoms with Gasteiger partial charge in [0.05, 0.1) is 16.3 Å². The number of rotatable bonds is 6. The molecule has 116 valence electrons. The summed E-state index contributed by atoms with van der Waals surface area (Å²) in [6.45, 7) is 1.40. The first kappa shape index (κ1) is 15.0. The molecule has 0 spiro atoms. The van der Waals surface area contributed by atoms with Crippen LogP contribution >= 0.6 is 15.9 Å². The highest BCUT2D eigenvalue weighted by Gasteiger charge is 2.37. The number of anilines is 1. The standard InChI is InChI=1S/C15H22BrN3O2/c1-21-15(6-3-7-15)10-17-13-12(16)8-18-19(14(13)20)9-11-4-2-5-11/h8,11,17H,2-7,9-10H2,1H3. The summed E-state index contributed by atoms with van der Waals surface area (Å²) in [5.41, 5.74) is 0.461. The van der Waals surface area contributed by atoms with Gasteiger partial charge in [-0.15, -0.1) is 0 Å². The Balaban J connectivity index is 1.73. The van der Waals surface area contributed by atoms with E-state index in [4.69, 9.17) is 4.74 Å². The summed E-state index contributed by atoms with van der Waals surface area (Å²) in [6.07, 6.45) is 8.70. The van der Waals surface area contributed by atoms with Gasteiger partial charge in [-0.1, -0.05) is 6.42 Å². The van der Waals surface area contributed by atoms with Crippen molar-refractivity contribution in [1.29, 1.82) is 0 Å². The molecule has 0 unspecified atom stereocenters. The monoisotopic (exact) mass is 355 g/mol. The van der Waals surface area contributed by atoms with Crippen LogP contribution in [0, 0.1) is 5.92 Å². The maximum atomic E-state index is 12.5. The molecular formula is C15H22BrN3O2. The topological polar surface area (TPSA) is 56.1 Å². The van der Waals surface area contributed by atoms with Crippen LogP contribution in [0.2, 0.25) is 0 Å². The Labute approximate surface area is 133 Å². The van der Waals surface area contributed by atoms with Gasteiger partial charge < -0.3 is 10.1 Å². The molecule has 21 heavy (non-hydrogen) atoms. The quantitative estimate of drug-likeness (QED) is 0.852. The lowest BCUT2D eigenvalue weighted by molar-refractivity contribution is -0.0601. The van der Waals surface area contributed by atoms with E-state index in [1.54, 1.807) is 18.0 Å². The summed E-state index contributed by atoms with van der Waals surface area (Å²) in [7, 11) is 1.75. The van der Waals surface area contributed by atoms with Crippen LogP contribution in [0.15, 0.2) is 15.5 Å². The van der Waals surface area contributed by atoms with E-state index < -0.39 is 0 Å². The normalized spacial score (nSPS) is 20.7. The van der Waals surface area contributed by atoms with E-state index in [0.717, 1.165) is 23.9 Å². The SMILES string of the molecule is COC1(CNc2c(Br)cnn(CC3CCC3)c2=O)CCC1. The Kier molecular flexibility index (Phi) is 4.36. The average molecular weight is 356 g/mol. The summed E-state index contributed by atoms with van der Waals surface area (Å²) in [4.78, 5) is 12.5. The van der Waals surface area contributed by atoms with Crippen LogP contribution < -0.4 is 10.9 Å². The minimum atomic E-state index is -0.103. The lowest BCUT2D eigenvalue weighted by Crippen LogP contribution is -2.46. The van der Waals surface area contributed by atoms with Crippen molar-refractivity contribution >= 4 is 21.6 Å². The lowest BCUT2D eigenvalue weighted by atomic mass is 9.80. The fraction of sp³-hybridized carbons (Fsp3) is 0.733. The molecule has 2 saturated carbocycles. The maximum Gasteiger partial charge on any atom is 0.291 e. The molecule has 2 fully saturated rings. The number of nitrogens with one attached hydrogen (secondary N) is 1. The third kappa shape index (κ3) is 3.01. The molecule has 0 atom stereocenters. The molecule has 0 saturated heterocycles. The summed E-state index contributed by atoms with van der Waals surface area (Å²) in [5, 5.41) is 7.52. The van der Waals surface area contributed by atoms with Crippen LogP contribution in [-0.2, 0) is 11.3 Å². The first-order valence-corrected chi connectivity index (χ1v) is 8.47. The number of ether oxygens (including phenoxy) is 1. The minimum Gasteiger partial charge on any atom is -0.377 e. The molecule has 5 nitrogen and oxygen atoms in total. The molecule has 1 aromatic rings. The fourth-order valence-corrected chi connectivity index (χ4v) is 3.35. The molecule has 2 aliphatic carbocycles. The van der Waals surface area contributed by atoms with E-state index in [1.807, 2.05) is 0 Å². The van der Waals surface area contributed by atoms with Crippen molar-refractivity contribution in [2.45, 2.75) is 50.7 Å². The Morgan fingerprint density at radius 3 is 2.76 bits per heavy atom. The van der Waals surface area contributed by atoms with Crippen LogP contribution in [0.25, 0.3) is 0 Å². The fourth-order valence-electron chi connectivity index (χ4n) is 2.95. The predicted octanol–water partition coefficient (Wildman–Crippen LogP) is 2.79. The van der Waals surface area contributed by atoms with Gasteiger partial charge in [-0.2, -0.15) is 5.10 Å². The zero-order chi connectivity index (χ0) is 14.9. The number of methoxy groups -OCH3 is 1. The smallest absolute Gasteiger partial charge is 0.291 e. The van der Waals surface area contributed by atoms with Gasteiger partial charge in [-0.25, -0.2) is 4.68 Å². The summed E-state index contributed by atoms with van der Waals surface area (Å²) in [5.74, 6) is 0.612. The third-order valence-electron chi connectivity index (χ3n) is 4.94. The predicted molar refractivity (Wildman–Crippen MR) is 85.6 cm³/mol. The van der Waals surface area contributed by atoms with Crippen LogP contribution in [0.1, 0.15) is 38.5 Å². The van der Waals surface area contributed by atoms with Gasteiger partial charge in [-0.3, -0.25) is 4.79 Å². The highest BCUT2D eigenvalue weighted by molar-refractivity contribution is 9.10. The molecular weight excluding hydrogens is 334 g/mol. The maximum absolute atomic E-state index is 12.5. The molecule has 1 heterocycles. The van der Waals surface area contributed by atoms with Crippen molar-refractivity contribution in [3.63, 3.8) is 0 Å². The molecule has 0 amide bonds. The first-order valence-electron chi connectivity index (χ1n) is 7.68. The van der Waals surface area contributed by atoms with E-state index in [9.17, 15) is 4.79 Å². The average Bonchev–Trinajstić information content (AvgIpc) is 2.38. The number of halogens is 1. The molecule has 1 aromatic heterocycles. The van der Waals surface area contributed by atoms with Gasteiger partial charge in [0, 0.05) is 20.2 Å². The molecule has 2 aliphatic rings. The van der Waals surface area contributed by atoms with Crippen molar-refractivity contribution in [3.8, 4) is 0 Å². The van der Waals surface area contributed by atoms with Gasteiger partial charge in [0.15, 0.2) is 0 Å². The van der Waals surface area contributed by atoms with Crippen LogP contribution in [0.3, 0.4) is 0 Å². The van der Waals surface area contributed by atoms with Crippen molar-refractivity contribution < 1.29 is 4.74 Å². The highest BCUT2D eigenvalue weighted by atomic mass is 79.9. The number of nitrogens with zero attached hydrogens (tertiary/aromatic N) is 2. The number of hydrogen-bond acceptors (Lipinski definition) is 4. The van der Waals surface area contributed by atoms with Crippen LogP contribution in [-0.4, -0.2) is 29.0 Å². The number of aromatic nitrogens is 2. The summed E-state index contributed by atoms with van der Waals surface area (Å²) < 4.78 is 7.91. The highest BCUT2D eigenvalue weighted by Crippen LogP contribution is 2.35. The molecule has 6 heteroatoms. The van der Waals surface area contributed by atoms with E-state index in [0.29, 0.717) is 18.2 Å². The van der Waals surface area contributed by atoms with Gasteiger partial charge in [0.2, 0.25) is 0 Å². The largest absolute Gasteiger partial charge is 0.377 e. The van der Waals surface area contributed by atoms with Crippen molar-refractivity contribution in [1.82, 2.24) is 9.78 Å². The van der Waals surface area contributed by atoms with Crippen LogP contribution in [0.4, 0.5) is 5.69 Å². The van der Waals surface area contributed by atoms with E-state index >= 15 is 0 Å². The lowest BCUT2D eigenvalue weighted by Gasteiger charge is -2.40. The van der Waals surface area contributed by atoms with Gasteiger partial charge >= 0.3 is 0 Å². The Hall–Kier alpha value is -0.880. The molecule has 0 aromatic carbocycles. The summed E-state index contributed by atoms with van der Waals surface area (Å²) in [6, 6.07) is 0. The minimum absolute atomic E-state index is 0.0400. The van der Waals surface area contributed by atoms with Gasteiger partial charge in [-0.05, 0) is 54.0 Å². The molecule has 1 N–H and O–H groups in total. The second kappa shape index (κ2) is 6.08. The van der Waals surface area contributed by atoms with Gasteiger partial charge in [0.1, 0.15) is 5.69 Å². The number of hydrogen-bond donors (Lipinski definition) is 1. The van der Waals surface area contributed by atoms with Crippen molar-refractivity contribution in [2.75, 3.05) is 19.0 Å². The third-order valence-corrected chi connectivity index (χ3v) is 5.54. The molecule has 0 radical (unpaired) electrons. The molecule has 0 bridgehead atoms. The van der Waals surface area contributed by atoms with E-state index in [2.05, 4.69) is 26.3 Å². The van der Waals surface area contributed by atoms with Gasteiger partial charge in [0.25, 0.3) is 5.56 Å². The zero-order valence-electron chi connectivity index (χ0n) is 12.4.